The standard InChI is InChI=1S/C20H21N7O2/c1-2-6-16(7-3-1)22-18-23-19(25-20(24-18)27-11-14-28-15-12-27)26-21-10-4-8-17-9-5-13-29-17/h1-10,13H,11-12,14-15H2,(H2,22,23,24,25,26). The van der Waals surface area contributed by atoms with Crippen molar-refractivity contribution >= 4 is 35.8 Å². The SMILES string of the molecule is C(=Cc1ccco1)C=NNc1nc(Nc2ccccc2)nc(N2CCOCC2)n1. The van der Waals surface area contributed by atoms with Crippen LogP contribution >= 0.6 is 0 Å². The second-order valence-electron chi connectivity index (χ2n) is 6.14. The van der Waals surface area contributed by atoms with Gasteiger partial charge in [-0.2, -0.15) is 20.1 Å². The average Bonchev–Trinajstić information content (AvgIpc) is 3.28. The van der Waals surface area contributed by atoms with Gasteiger partial charge in [-0.1, -0.05) is 18.2 Å². The van der Waals surface area contributed by atoms with Gasteiger partial charge < -0.3 is 19.4 Å². The van der Waals surface area contributed by atoms with Crippen LogP contribution in [0.3, 0.4) is 0 Å². The van der Waals surface area contributed by atoms with Gasteiger partial charge in [0.05, 0.1) is 19.5 Å². The number of anilines is 4. The van der Waals surface area contributed by atoms with Crippen LogP contribution in [0.4, 0.5) is 23.5 Å². The van der Waals surface area contributed by atoms with Gasteiger partial charge in [0.15, 0.2) is 0 Å². The van der Waals surface area contributed by atoms with Crippen LogP contribution in [0.15, 0.2) is 64.3 Å². The number of rotatable bonds is 7. The first-order valence-corrected chi connectivity index (χ1v) is 9.27. The van der Waals surface area contributed by atoms with E-state index in [0.717, 1.165) is 24.5 Å². The van der Waals surface area contributed by atoms with Gasteiger partial charge in [0.25, 0.3) is 0 Å². The number of hydrazone groups is 1. The van der Waals surface area contributed by atoms with Gasteiger partial charge in [-0.05, 0) is 36.4 Å². The summed E-state index contributed by atoms with van der Waals surface area (Å²) in [5.74, 6) is 2.12. The molecule has 0 atom stereocenters. The van der Waals surface area contributed by atoms with Gasteiger partial charge in [0.2, 0.25) is 17.8 Å². The first kappa shape index (κ1) is 18.6. The third kappa shape index (κ3) is 5.39. The van der Waals surface area contributed by atoms with Crippen LogP contribution in [-0.4, -0.2) is 47.5 Å². The fraction of sp³-hybridized carbons (Fsp3) is 0.200. The summed E-state index contributed by atoms with van der Waals surface area (Å²) in [6.07, 6.45) is 6.79. The van der Waals surface area contributed by atoms with E-state index in [1.807, 2.05) is 42.5 Å². The van der Waals surface area contributed by atoms with Gasteiger partial charge in [-0.25, -0.2) is 5.43 Å². The van der Waals surface area contributed by atoms with Crippen LogP contribution in [0, 0.1) is 0 Å². The van der Waals surface area contributed by atoms with Crippen LogP contribution in [0.2, 0.25) is 0 Å². The highest BCUT2D eigenvalue weighted by atomic mass is 16.5. The molecule has 4 rings (SSSR count). The maximum Gasteiger partial charge on any atom is 0.250 e. The van der Waals surface area contributed by atoms with Crippen molar-refractivity contribution in [2.45, 2.75) is 0 Å². The molecule has 9 nitrogen and oxygen atoms in total. The van der Waals surface area contributed by atoms with Crippen molar-refractivity contribution < 1.29 is 9.15 Å². The Morgan fingerprint density at radius 3 is 2.59 bits per heavy atom. The zero-order valence-corrected chi connectivity index (χ0v) is 15.7. The Kier molecular flexibility index (Phi) is 6.08. The molecule has 3 aromatic rings. The van der Waals surface area contributed by atoms with Crippen molar-refractivity contribution in [2.24, 2.45) is 5.10 Å². The van der Waals surface area contributed by atoms with Crippen LogP contribution in [0.5, 0.6) is 0 Å². The molecule has 29 heavy (non-hydrogen) atoms. The molecule has 1 saturated heterocycles. The lowest BCUT2D eigenvalue weighted by Gasteiger charge is -2.27. The quantitative estimate of drug-likeness (QED) is 0.468. The molecule has 0 saturated carbocycles. The van der Waals surface area contributed by atoms with Crippen molar-refractivity contribution in [3.8, 4) is 0 Å². The van der Waals surface area contributed by atoms with E-state index in [2.05, 4.69) is 35.7 Å². The number of hydrogen-bond acceptors (Lipinski definition) is 9. The fourth-order valence-electron chi connectivity index (χ4n) is 2.69. The molecule has 1 aliphatic rings. The number of aromatic nitrogens is 3. The number of hydrogen-bond donors (Lipinski definition) is 2. The number of nitrogens with zero attached hydrogens (tertiary/aromatic N) is 5. The smallest absolute Gasteiger partial charge is 0.250 e. The van der Waals surface area contributed by atoms with Crippen molar-refractivity contribution in [1.82, 2.24) is 15.0 Å². The molecule has 2 N–H and O–H groups in total. The van der Waals surface area contributed by atoms with Gasteiger partial charge in [-0.15, -0.1) is 0 Å². The molecule has 1 fully saturated rings. The number of ether oxygens (including phenoxy) is 1. The number of morpholine rings is 1. The number of nitrogens with one attached hydrogen (secondary N) is 2. The topological polar surface area (TPSA) is 101 Å². The van der Waals surface area contributed by atoms with E-state index in [4.69, 9.17) is 9.15 Å². The molecule has 0 radical (unpaired) electrons. The third-order valence-corrected chi connectivity index (χ3v) is 4.08. The number of benzene rings is 1. The highest BCUT2D eigenvalue weighted by Crippen LogP contribution is 2.18. The van der Waals surface area contributed by atoms with E-state index in [1.54, 1.807) is 24.6 Å². The first-order chi connectivity index (χ1) is 14.4. The molecule has 1 aliphatic heterocycles. The summed E-state index contributed by atoms with van der Waals surface area (Å²) in [4.78, 5) is 15.5. The number of para-hydroxylation sites is 1. The van der Waals surface area contributed by atoms with Gasteiger partial charge in [0, 0.05) is 25.0 Å². The maximum absolute atomic E-state index is 5.42. The van der Waals surface area contributed by atoms with E-state index in [1.165, 1.54) is 0 Å². The third-order valence-electron chi connectivity index (χ3n) is 4.08. The predicted molar refractivity (Wildman–Crippen MR) is 112 cm³/mol. The minimum atomic E-state index is 0.350. The van der Waals surface area contributed by atoms with Crippen LogP contribution < -0.4 is 15.6 Å². The molecule has 9 heteroatoms. The zero-order valence-electron chi connectivity index (χ0n) is 15.7. The Morgan fingerprint density at radius 1 is 0.966 bits per heavy atom. The van der Waals surface area contributed by atoms with Crippen molar-refractivity contribution in [3.63, 3.8) is 0 Å². The molecule has 0 aliphatic carbocycles. The molecule has 0 unspecified atom stereocenters. The van der Waals surface area contributed by atoms with Crippen LogP contribution in [-0.2, 0) is 4.74 Å². The maximum atomic E-state index is 5.42. The minimum Gasteiger partial charge on any atom is -0.465 e. The van der Waals surface area contributed by atoms with Gasteiger partial charge in [-0.3, -0.25) is 0 Å². The molecule has 0 spiro atoms. The van der Waals surface area contributed by atoms with E-state index < -0.39 is 0 Å². The Hall–Kier alpha value is -3.72. The summed E-state index contributed by atoms with van der Waals surface area (Å²) in [5, 5.41) is 7.35. The summed E-state index contributed by atoms with van der Waals surface area (Å²) < 4.78 is 10.6. The monoisotopic (exact) mass is 391 g/mol. The molecule has 0 bridgehead atoms. The second kappa shape index (κ2) is 9.47. The Bertz CT molecular complexity index is 952. The first-order valence-electron chi connectivity index (χ1n) is 9.27. The molecular formula is C20H21N7O2. The van der Waals surface area contributed by atoms with E-state index >= 15 is 0 Å². The molecule has 3 heterocycles. The molecule has 2 aromatic heterocycles. The van der Waals surface area contributed by atoms with Gasteiger partial charge in [0.1, 0.15) is 5.76 Å². The largest absolute Gasteiger partial charge is 0.465 e. The summed E-state index contributed by atoms with van der Waals surface area (Å²) >= 11 is 0. The Labute approximate surface area is 168 Å². The fourth-order valence-corrected chi connectivity index (χ4v) is 2.69. The lowest BCUT2D eigenvalue weighted by atomic mass is 10.3. The molecule has 0 amide bonds. The summed E-state index contributed by atoms with van der Waals surface area (Å²) in [5.41, 5.74) is 3.75. The zero-order chi connectivity index (χ0) is 19.7. The Balaban J connectivity index is 1.50. The molecule has 148 valence electrons. The second-order valence-corrected chi connectivity index (χ2v) is 6.14. The molecular weight excluding hydrogens is 370 g/mol. The lowest BCUT2D eigenvalue weighted by molar-refractivity contribution is 0.122. The summed E-state index contributed by atoms with van der Waals surface area (Å²) in [6, 6.07) is 13.4. The van der Waals surface area contributed by atoms with E-state index in [-0.39, 0.29) is 0 Å². The molecule has 1 aromatic carbocycles. The van der Waals surface area contributed by atoms with Gasteiger partial charge >= 0.3 is 0 Å². The van der Waals surface area contributed by atoms with Crippen molar-refractivity contribution in [2.75, 3.05) is 41.9 Å². The normalized spacial score (nSPS) is 14.6. The minimum absolute atomic E-state index is 0.350. The van der Waals surface area contributed by atoms with Crippen molar-refractivity contribution in [1.29, 1.82) is 0 Å². The highest BCUT2D eigenvalue weighted by Gasteiger charge is 2.16. The van der Waals surface area contributed by atoms with Crippen LogP contribution in [0.25, 0.3) is 6.08 Å². The van der Waals surface area contributed by atoms with E-state index in [0.29, 0.717) is 31.1 Å². The summed E-state index contributed by atoms with van der Waals surface area (Å²) in [7, 11) is 0. The summed E-state index contributed by atoms with van der Waals surface area (Å²) in [6.45, 7) is 2.74. The van der Waals surface area contributed by atoms with Crippen LogP contribution in [0.1, 0.15) is 5.76 Å². The predicted octanol–water partition coefficient (Wildman–Crippen LogP) is 3.16. The lowest BCUT2D eigenvalue weighted by Crippen LogP contribution is -2.37. The number of furan rings is 1. The highest BCUT2D eigenvalue weighted by molar-refractivity contribution is 5.77. The Morgan fingerprint density at radius 2 is 1.79 bits per heavy atom. The number of allylic oxidation sites excluding steroid dienone is 1. The van der Waals surface area contributed by atoms with E-state index in [9.17, 15) is 0 Å². The average molecular weight is 391 g/mol. The van der Waals surface area contributed by atoms with Crippen molar-refractivity contribution in [3.05, 3.63) is 60.6 Å².